The number of halogens is 1. The molecule has 24 heavy (non-hydrogen) atoms. The summed E-state index contributed by atoms with van der Waals surface area (Å²) in [7, 11) is 3.43. The first-order chi connectivity index (χ1) is 11.5. The van der Waals surface area contributed by atoms with Gasteiger partial charge < -0.3 is 19.1 Å². The lowest BCUT2D eigenvalue weighted by Gasteiger charge is -2.44. The normalized spacial score (nSPS) is 24.2. The standard InChI is InChI=1S/C17H24ClN3O3/c1-19-12-13(18)11-14(19)15(22)21-8-4-6-17(21)5-3-7-20(16(17)23)9-10-24-2/h11-12H,3-10H2,1-2H3. The molecule has 0 bridgehead atoms. The van der Waals surface area contributed by atoms with E-state index in [4.69, 9.17) is 16.3 Å². The van der Waals surface area contributed by atoms with Gasteiger partial charge in [-0.25, -0.2) is 0 Å². The molecule has 2 fully saturated rings. The maximum atomic E-state index is 13.1. The van der Waals surface area contributed by atoms with Crippen molar-refractivity contribution in [2.75, 3.05) is 33.4 Å². The molecule has 7 heteroatoms. The number of nitrogens with zero attached hydrogens (tertiary/aromatic N) is 3. The molecule has 6 nitrogen and oxygen atoms in total. The second kappa shape index (κ2) is 6.76. The number of carbonyl (C=O) groups is 2. The predicted octanol–water partition coefficient (Wildman–Crippen LogP) is 1.92. The highest BCUT2D eigenvalue weighted by atomic mass is 35.5. The zero-order valence-corrected chi connectivity index (χ0v) is 15.0. The van der Waals surface area contributed by atoms with Crippen LogP contribution < -0.4 is 0 Å². The number of likely N-dealkylation sites (tertiary alicyclic amines) is 2. The molecule has 132 valence electrons. The molecule has 2 aliphatic heterocycles. The van der Waals surface area contributed by atoms with Gasteiger partial charge in [-0.05, 0) is 31.7 Å². The minimum Gasteiger partial charge on any atom is -0.383 e. The lowest BCUT2D eigenvalue weighted by atomic mass is 9.85. The van der Waals surface area contributed by atoms with Crippen LogP contribution in [0.15, 0.2) is 12.3 Å². The topological polar surface area (TPSA) is 54.8 Å². The van der Waals surface area contributed by atoms with Gasteiger partial charge in [-0.3, -0.25) is 9.59 Å². The Morgan fingerprint density at radius 1 is 1.33 bits per heavy atom. The molecule has 0 aromatic carbocycles. The van der Waals surface area contributed by atoms with E-state index in [1.165, 1.54) is 0 Å². The number of hydrogen-bond donors (Lipinski definition) is 0. The number of rotatable bonds is 4. The van der Waals surface area contributed by atoms with Crippen molar-refractivity contribution in [3.8, 4) is 0 Å². The molecule has 1 unspecified atom stereocenters. The highest BCUT2D eigenvalue weighted by Gasteiger charge is 2.52. The minimum atomic E-state index is -0.695. The molecular formula is C17H24ClN3O3. The number of hydrogen-bond acceptors (Lipinski definition) is 3. The molecular weight excluding hydrogens is 330 g/mol. The maximum Gasteiger partial charge on any atom is 0.271 e. The summed E-state index contributed by atoms with van der Waals surface area (Å²) in [6.07, 6.45) is 4.95. The zero-order valence-electron chi connectivity index (χ0n) is 14.3. The van der Waals surface area contributed by atoms with E-state index >= 15 is 0 Å². The summed E-state index contributed by atoms with van der Waals surface area (Å²) in [5.41, 5.74) is -0.164. The molecule has 2 amide bonds. The first-order valence-corrected chi connectivity index (χ1v) is 8.79. The first-order valence-electron chi connectivity index (χ1n) is 8.42. The summed E-state index contributed by atoms with van der Waals surface area (Å²) in [5, 5.41) is 0.533. The second-order valence-corrected chi connectivity index (χ2v) is 7.07. The minimum absolute atomic E-state index is 0.0666. The number of carbonyl (C=O) groups excluding carboxylic acids is 2. The van der Waals surface area contributed by atoms with Crippen LogP contribution in [0.25, 0.3) is 0 Å². The van der Waals surface area contributed by atoms with Crippen molar-refractivity contribution < 1.29 is 14.3 Å². The summed E-state index contributed by atoms with van der Waals surface area (Å²) in [5.74, 6) is -0.0409. The Labute approximate surface area is 147 Å². The Kier molecular flexibility index (Phi) is 4.88. The average Bonchev–Trinajstić information content (AvgIpc) is 3.12. The Hall–Kier alpha value is -1.53. The van der Waals surface area contributed by atoms with E-state index in [1.54, 1.807) is 35.9 Å². The van der Waals surface area contributed by atoms with Crippen LogP contribution in [-0.4, -0.2) is 65.1 Å². The van der Waals surface area contributed by atoms with Crippen LogP contribution in [0.3, 0.4) is 0 Å². The average molecular weight is 354 g/mol. The summed E-state index contributed by atoms with van der Waals surface area (Å²) in [6, 6.07) is 1.67. The van der Waals surface area contributed by atoms with E-state index in [2.05, 4.69) is 0 Å². The molecule has 0 N–H and O–H groups in total. The van der Waals surface area contributed by atoms with Crippen LogP contribution in [0.4, 0.5) is 0 Å². The van der Waals surface area contributed by atoms with Crippen molar-refractivity contribution in [3.05, 3.63) is 23.0 Å². The molecule has 1 aromatic rings. The summed E-state index contributed by atoms with van der Waals surface area (Å²) in [4.78, 5) is 29.8. The van der Waals surface area contributed by atoms with E-state index in [-0.39, 0.29) is 11.8 Å². The number of piperidine rings is 1. The largest absolute Gasteiger partial charge is 0.383 e. The third-order valence-corrected chi connectivity index (χ3v) is 5.40. The molecule has 2 aliphatic rings. The molecule has 3 rings (SSSR count). The van der Waals surface area contributed by atoms with E-state index in [1.807, 2.05) is 4.90 Å². The third kappa shape index (κ3) is 2.82. The quantitative estimate of drug-likeness (QED) is 0.831. The second-order valence-electron chi connectivity index (χ2n) is 6.63. The highest BCUT2D eigenvalue weighted by molar-refractivity contribution is 6.31. The lowest BCUT2D eigenvalue weighted by molar-refractivity contribution is -0.146. The lowest BCUT2D eigenvalue weighted by Crippen LogP contribution is -2.61. The van der Waals surface area contributed by atoms with Crippen LogP contribution in [0.2, 0.25) is 5.02 Å². The Bertz CT molecular complexity index is 645. The van der Waals surface area contributed by atoms with Crippen molar-refractivity contribution >= 4 is 23.4 Å². The van der Waals surface area contributed by atoms with Crippen molar-refractivity contribution in [2.24, 2.45) is 7.05 Å². The third-order valence-electron chi connectivity index (χ3n) is 5.19. The zero-order chi connectivity index (χ0) is 17.3. The van der Waals surface area contributed by atoms with E-state index in [9.17, 15) is 9.59 Å². The van der Waals surface area contributed by atoms with Gasteiger partial charge in [-0.15, -0.1) is 0 Å². The molecule has 3 heterocycles. The van der Waals surface area contributed by atoms with E-state index < -0.39 is 5.54 Å². The number of aryl methyl sites for hydroxylation is 1. The number of amides is 2. The number of aromatic nitrogens is 1. The van der Waals surface area contributed by atoms with E-state index in [0.717, 1.165) is 32.2 Å². The predicted molar refractivity (Wildman–Crippen MR) is 91.1 cm³/mol. The fourth-order valence-electron chi connectivity index (χ4n) is 4.01. The van der Waals surface area contributed by atoms with Crippen LogP contribution in [-0.2, 0) is 16.6 Å². The van der Waals surface area contributed by atoms with Crippen molar-refractivity contribution in [2.45, 2.75) is 31.2 Å². The van der Waals surface area contributed by atoms with Crippen LogP contribution in [0.1, 0.15) is 36.2 Å². The number of ether oxygens (including phenoxy) is 1. The van der Waals surface area contributed by atoms with Crippen LogP contribution in [0, 0.1) is 0 Å². The van der Waals surface area contributed by atoms with Crippen molar-refractivity contribution in [1.82, 2.24) is 14.4 Å². The summed E-state index contributed by atoms with van der Waals surface area (Å²) in [6.45, 7) is 2.45. The van der Waals surface area contributed by atoms with Gasteiger partial charge in [-0.1, -0.05) is 11.6 Å². The Morgan fingerprint density at radius 2 is 2.04 bits per heavy atom. The fraction of sp³-hybridized carbons (Fsp3) is 0.647. The monoisotopic (exact) mass is 353 g/mol. The van der Waals surface area contributed by atoms with E-state index in [0.29, 0.717) is 30.4 Å². The molecule has 0 radical (unpaired) electrons. The molecule has 2 saturated heterocycles. The molecule has 1 aromatic heterocycles. The molecule has 0 aliphatic carbocycles. The summed E-state index contributed by atoms with van der Waals surface area (Å²) < 4.78 is 6.84. The Morgan fingerprint density at radius 3 is 2.67 bits per heavy atom. The molecule has 0 saturated carbocycles. The fourth-order valence-corrected chi connectivity index (χ4v) is 4.26. The smallest absolute Gasteiger partial charge is 0.271 e. The van der Waals surface area contributed by atoms with Gasteiger partial charge >= 0.3 is 0 Å². The Balaban J connectivity index is 1.87. The molecule has 1 spiro atoms. The van der Waals surface area contributed by atoms with Crippen molar-refractivity contribution in [1.29, 1.82) is 0 Å². The van der Waals surface area contributed by atoms with Crippen LogP contribution in [0.5, 0.6) is 0 Å². The molecule has 1 atom stereocenters. The van der Waals surface area contributed by atoms with Gasteiger partial charge in [0, 0.05) is 40.0 Å². The summed E-state index contributed by atoms with van der Waals surface area (Å²) >= 11 is 6.02. The van der Waals surface area contributed by atoms with Crippen LogP contribution >= 0.6 is 11.6 Å². The van der Waals surface area contributed by atoms with Gasteiger partial charge in [0.2, 0.25) is 5.91 Å². The van der Waals surface area contributed by atoms with Gasteiger partial charge in [0.05, 0.1) is 11.6 Å². The van der Waals surface area contributed by atoms with Crippen molar-refractivity contribution in [3.63, 3.8) is 0 Å². The highest BCUT2D eigenvalue weighted by Crippen LogP contribution is 2.39. The first kappa shape index (κ1) is 17.3. The maximum absolute atomic E-state index is 13.1. The number of methoxy groups -OCH3 is 1. The van der Waals surface area contributed by atoms with Gasteiger partial charge in [0.25, 0.3) is 5.91 Å². The van der Waals surface area contributed by atoms with Gasteiger partial charge in [0.15, 0.2) is 0 Å². The van der Waals surface area contributed by atoms with Gasteiger partial charge in [-0.2, -0.15) is 0 Å². The SMILES string of the molecule is COCCN1CCCC2(CCCN2C(=O)c2cc(Cl)cn2C)C1=O. The van der Waals surface area contributed by atoms with Gasteiger partial charge in [0.1, 0.15) is 11.2 Å².